The van der Waals surface area contributed by atoms with Crippen LogP contribution in [0, 0.1) is 19.8 Å². The summed E-state index contributed by atoms with van der Waals surface area (Å²) in [5.41, 5.74) is 6.48. The molecule has 2 aromatic carbocycles. The van der Waals surface area contributed by atoms with E-state index < -0.39 is 0 Å². The zero-order valence-corrected chi connectivity index (χ0v) is 14.4. The van der Waals surface area contributed by atoms with Crippen LogP contribution in [0.3, 0.4) is 0 Å². The van der Waals surface area contributed by atoms with E-state index in [0.29, 0.717) is 5.92 Å². The largest absolute Gasteiger partial charge is 0.377 e. The van der Waals surface area contributed by atoms with E-state index >= 15 is 0 Å². The van der Waals surface area contributed by atoms with Gasteiger partial charge in [-0.15, -0.1) is 0 Å². The highest BCUT2D eigenvalue weighted by atomic mass is 35.5. The zero-order chi connectivity index (χ0) is 16.0. The monoisotopic (exact) mass is 327 g/mol. The van der Waals surface area contributed by atoms with Gasteiger partial charge in [0.05, 0.1) is 12.1 Å². The van der Waals surface area contributed by atoms with Gasteiger partial charge in [0, 0.05) is 28.8 Å². The predicted molar refractivity (Wildman–Crippen MR) is 95.1 cm³/mol. The van der Waals surface area contributed by atoms with Gasteiger partial charge in [0.1, 0.15) is 0 Å². The van der Waals surface area contributed by atoms with E-state index in [-0.39, 0.29) is 12.1 Å². The highest BCUT2D eigenvalue weighted by Crippen LogP contribution is 2.50. The fraction of sp³-hybridized carbons (Fsp3) is 0.400. The lowest BCUT2D eigenvalue weighted by molar-refractivity contribution is -0.0382. The Balaban J connectivity index is 1.81. The Bertz CT molecular complexity index is 725. The number of hydrogen-bond acceptors (Lipinski definition) is 2. The summed E-state index contributed by atoms with van der Waals surface area (Å²) in [6.07, 6.45) is 2.52. The highest BCUT2D eigenvalue weighted by Gasteiger charge is 2.40. The second kappa shape index (κ2) is 5.85. The van der Waals surface area contributed by atoms with Gasteiger partial charge in [-0.1, -0.05) is 41.4 Å². The molecule has 4 rings (SSSR count). The Morgan fingerprint density at radius 3 is 2.70 bits per heavy atom. The van der Waals surface area contributed by atoms with Crippen LogP contribution in [0.15, 0.2) is 36.4 Å². The number of halogens is 1. The number of fused-ring (bicyclic) bond motifs is 3. The van der Waals surface area contributed by atoms with Crippen LogP contribution in [0.5, 0.6) is 0 Å². The molecule has 3 atom stereocenters. The Kier molecular flexibility index (Phi) is 3.82. The molecule has 1 fully saturated rings. The van der Waals surface area contributed by atoms with Gasteiger partial charge in [-0.25, -0.2) is 0 Å². The van der Waals surface area contributed by atoms with Crippen molar-refractivity contribution in [3.63, 3.8) is 0 Å². The van der Waals surface area contributed by atoms with Gasteiger partial charge in [-0.3, -0.25) is 0 Å². The topological polar surface area (TPSA) is 21.3 Å². The van der Waals surface area contributed by atoms with Crippen LogP contribution >= 0.6 is 11.6 Å². The Morgan fingerprint density at radius 1 is 1.13 bits per heavy atom. The minimum absolute atomic E-state index is 0.194. The Hall–Kier alpha value is -1.51. The smallest absolute Gasteiger partial charge is 0.0896 e. The lowest BCUT2D eigenvalue weighted by Crippen LogP contribution is -2.36. The number of anilines is 1. The fourth-order valence-electron chi connectivity index (χ4n) is 4.15. The first-order chi connectivity index (χ1) is 11.1. The molecule has 0 spiro atoms. The van der Waals surface area contributed by atoms with E-state index in [4.69, 9.17) is 16.3 Å². The summed E-state index contributed by atoms with van der Waals surface area (Å²) in [6.45, 7) is 5.21. The molecule has 2 heterocycles. The Labute approximate surface area is 142 Å². The third kappa shape index (κ3) is 2.64. The number of hydrogen-bond donors (Lipinski definition) is 1. The lowest BCUT2D eigenvalue weighted by atomic mass is 9.76. The summed E-state index contributed by atoms with van der Waals surface area (Å²) >= 11 is 6.07. The highest BCUT2D eigenvalue weighted by molar-refractivity contribution is 6.30. The van der Waals surface area contributed by atoms with Crippen molar-refractivity contribution in [3.8, 4) is 0 Å². The van der Waals surface area contributed by atoms with Crippen LogP contribution in [0.1, 0.15) is 47.2 Å². The average molecular weight is 328 g/mol. The van der Waals surface area contributed by atoms with E-state index in [1.807, 2.05) is 12.1 Å². The van der Waals surface area contributed by atoms with Gasteiger partial charge in [-0.2, -0.15) is 0 Å². The molecule has 0 saturated carbocycles. The van der Waals surface area contributed by atoms with E-state index in [1.165, 1.54) is 34.4 Å². The van der Waals surface area contributed by atoms with Crippen molar-refractivity contribution in [1.29, 1.82) is 0 Å². The number of aryl methyl sites for hydroxylation is 2. The molecular formula is C20H22ClNO. The van der Waals surface area contributed by atoms with Gasteiger partial charge in [0.25, 0.3) is 0 Å². The molecule has 2 nitrogen and oxygen atoms in total. The molecule has 0 radical (unpaired) electrons. The van der Waals surface area contributed by atoms with E-state index in [2.05, 4.69) is 43.4 Å². The average Bonchev–Trinajstić information content (AvgIpc) is 2.55. The Morgan fingerprint density at radius 2 is 1.91 bits per heavy atom. The molecule has 1 N–H and O–H groups in total. The van der Waals surface area contributed by atoms with Crippen LogP contribution in [0.4, 0.5) is 5.69 Å². The van der Waals surface area contributed by atoms with Gasteiger partial charge >= 0.3 is 0 Å². The van der Waals surface area contributed by atoms with Crippen LogP contribution in [0.2, 0.25) is 5.02 Å². The molecule has 23 heavy (non-hydrogen) atoms. The second-order valence-corrected chi connectivity index (χ2v) is 7.25. The van der Waals surface area contributed by atoms with Gasteiger partial charge in [0.2, 0.25) is 0 Å². The third-order valence-corrected chi connectivity index (χ3v) is 5.39. The maximum Gasteiger partial charge on any atom is 0.0896 e. The van der Waals surface area contributed by atoms with Crippen LogP contribution in [-0.4, -0.2) is 6.61 Å². The molecule has 0 aliphatic carbocycles. The number of ether oxygens (including phenoxy) is 1. The van der Waals surface area contributed by atoms with Gasteiger partial charge in [-0.05, 0) is 49.9 Å². The van der Waals surface area contributed by atoms with Crippen molar-refractivity contribution in [3.05, 3.63) is 63.7 Å². The van der Waals surface area contributed by atoms with Crippen molar-refractivity contribution < 1.29 is 4.74 Å². The molecule has 0 unspecified atom stereocenters. The second-order valence-electron chi connectivity index (χ2n) is 6.82. The number of benzene rings is 2. The molecule has 2 aliphatic rings. The van der Waals surface area contributed by atoms with E-state index in [9.17, 15) is 0 Å². The normalized spacial score (nSPS) is 26.1. The minimum Gasteiger partial charge on any atom is -0.377 e. The first-order valence-corrected chi connectivity index (χ1v) is 8.76. The summed E-state index contributed by atoms with van der Waals surface area (Å²) in [7, 11) is 0. The summed E-state index contributed by atoms with van der Waals surface area (Å²) in [6, 6.07) is 13.1. The first-order valence-electron chi connectivity index (χ1n) is 8.38. The SMILES string of the molecule is Cc1cc(C)c2c(c1)[C@H]1OCCC[C@H]1[C@H](c1ccc(Cl)cc1)N2. The quantitative estimate of drug-likeness (QED) is 0.737. The third-order valence-electron chi connectivity index (χ3n) is 5.14. The van der Waals surface area contributed by atoms with E-state index in [1.54, 1.807) is 0 Å². The van der Waals surface area contributed by atoms with Crippen molar-refractivity contribution in [2.24, 2.45) is 5.92 Å². The van der Waals surface area contributed by atoms with Crippen molar-refractivity contribution >= 4 is 17.3 Å². The molecule has 2 aliphatic heterocycles. The minimum atomic E-state index is 0.194. The number of nitrogens with one attached hydrogen (secondary N) is 1. The molecule has 120 valence electrons. The lowest BCUT2D eigenvalue weighted by Gasteiger charge is -2.44. The molecule has 1 saturated heterocycles. The van der Waals surface area contributed by atoms with Gasteiger partial charge in [0.15, 0.2) is 0 Å². The summed E-state index contributed by atoms with van der Waals surface area (Å²) in [5, 5.41) is 4.59. The summed E-state index contributed by atoms with van der Waals surface area (Å²) < 4.78 is 6.23. The van der Waals surface area contributed by atoms with Crippen LogP contribution in [0.25, 0.3) is 0 Å². The zero-order valence-electron chi connectivity index (χ0n) is 13.6. The maximum absolute atomic E-state index is 6.23. The molecule has 3 heteroatoms. The molecule has 0 aromatic heterocycles. The molecular weight excluding hydrogens is 306 g/mol. The van der Waals surface area contributed by atoms with Crippen molar-refractivity contribution in [1.82, 2.24) is 0 Å². The van der Waals surface area contributed by atoms with Crippen molar-refractivity contribution in [2.45, 2.75) is 38.8 Å². The predicted octanol–water partition coefficient (Wildman–Crippen LogP) is 5.59. The van der Waals surface area contributed by atoms with E-state index in [0.717, 1.165) is 18.1 Å². The maximum atomic E-state index is 6.23. The standard InChI is InChI=1S/C20H22ClNO/c1-12-10-13(2)18-17(11-12)20-16(4-3-9-23-20)19(22-18)14-5-7-15(21)8-6-14/h5-8,10-11,16,19-20,22H,3-4,9H2,1-2H3/t16-,19-,20-/m0/s1. The molecule has 2 aromatic rings. The fourth-order valence-corrected chi connectivity index (χ4v) is 4.28. The van der Waals surface area contributed by atoms with Crippen LogP contribution in [-0.2, 0) is 4.74 Å². The first kappa shape index (κ1) is 15.0. The summed E-state index contributed by atoms with van der Waals surface area (Å²) in [5.74, 6) is 0.471. The molecule has 0 bridgehead atoms. The van der Waals surface area contributed by atoms with Crippen molar-refractivity contribution in [2.75, 3.05) is 11.9 Å². The molecule has 0 amide bonds. The van der Waals surface area contributed by atoms with Crippen LogP contribution < -0.4 is 5.32 Å². The number of rotatable bonds is 1. The summed E-state index contributed by atoms with van der Waals surface area (Å²) in [4.78, 5) is 0. The van der Waals surface area contributed by atoms with Gasteiger partial charge < -0.3 is 10.1 Å².